The van der Waals surface area contributed by atoms with Gasteiger partial charge in [-0.3, -0.25) is 4.90 Å². The van der Waals surface area contributed by atoms with Crippen LogP contribution in [-0.4, -0.2) is 61.1 Å². The molecule has 3 aromatic carbocycles. The van der Waals surface area contributed by atoms with Crippen LogP contribution in [0.15, 0.2) is 66.7 Å². The zero-order chi connectivity index (χ0) is 29.9. The zero-order valence-corrected chi connectivity index (χ0v) is 24.8. The Balaban J connectivity index is 1.52. The van der Waals surface area contributed by atoms with Gasteiger partial charge in [-0.25, -0.2) is 4.79 Å². The summed E-state index contributed by atoms with van der Waals surface area (Å²) in [7, 11) is 7.49. The van der Waals surface area contributed by atoms with Crippen molar-refractivity contribution in [3.63, 3.8) is 0 Å². The molecule has 1 saturated heterocycles. The summed E-state index contributed by atoms with van der Waals surface area (Å²) in [4.78, 5) is 20.5. The van der Waals surface area contributed by atoms with Gasteiger partial charge in [-0.2, -0.15) is 10.5 Å². The van der Waals surface area contributed by atoms with Crippen molar-refractivity contribution >= 4 is 6.03 Å². The Morgan fingerprint density at radius 2 is 1.36 bits per heavy atom. The Labute approximate surface area is 248 Å². The monoisotopic (exact) mass is 563 g/mol. The van der Waals surface area contributed by atoms with Gasteiger partial charge in [0.2, 0.25) is 0 Å². The fourth-order valence-corrected chi connectivity index (χ4v) is 6.86. The van der Waals surface area contributed by atoms with E-state index in [-0.39, 0.29) is 11.6 Å². The number of nitrogens with zero attached hydrogens (tertiary/aromatic N) is 5. The minimum atomic E-state index is -0.404. The van der Waals surface area contributed by atoms with E-state index in [0.717, 1.165) is 36.8 Å². The fraction of sp³-hybridized carbons (Fsp3) is 0.382. The number of hydrogen-bond acceptors (Lipinski definition) is 6. The highest BCUT2D eigenvalue weighted by molar-refractivity contribution is 5.78. The quantitative estimate of drug-likeness (QED) is 0.351. The second kappa shape index (κ2) is 11.8. The summed E-state index contributed by atoms with van der Waals surface area (Å²) < 4.78 is 11.2. The first-order chi connectivity index (χ1) is 20.3. The van der Waals surface area contributed by atoms with Crippen molar-refractivity contribution < 1.29 is 14.3 Å². The van der Waals surface area contributed by atoms with Gasteiger partial charge in [-0.1, -0.05) is 30.3 Å². The van der Waals surface area contributed by atoms with Crippen molar-refractivity contribution in [2.45, 2.75) is 49.9 Å². The second-order valence-corrected chi connectivity index (χ2v) is 11.5. The molecule has 2 aliphatic rings. The number of methoxy groups -OCH3 is 2. The standard InChI is InChI=1S/C34H37N5O3/c1-37(2)34(29-8-6-5-7-9-29)16-14-33(15-17-34)24-38(22-27-18-25(20-35)10-12-30(27)41-3)32(40)39(33)23-28-19-26(21-36)11-13-31(28)42-4/h5-13,18-19H,14-17,22-24H2,1-4H3/t33-,34+. The van der Waals surface area contributed by atoms with Crippen molar-refractivity contribution in [1.82, 2.24) is 14.7 Å². The summed E-state index contributed by atoms with van der Waals surface area (Å²) in [5, 5.41) is 19.1. The molecular formula is C34H37N5O3. The number of hydrogen-bond donors (Lipinski definition) is 0. The minimum absolute atomic E-state index is 0.0686. The van der Waals surface area contributed by atoms with Crippen LogP contribution < -0.4 is 9.47 Å². The summed E-state index contributed by atoms with van der Waals surface area (Å²) in [6.45, 7) is 1.23. The van der Waals surface area contributed by atoms with Crippen LogP contribution in [0.4, 0.5) is 4.79 Å². The molecule has 8 heteroatoms. The highest BCUT2D eigenvalue weighted by Crippen LogP contribution is 2.50. The summed E-state index contributed by atoms with van der Waals surface area (Å²) >= 11 is 0. The van der Waals surface area contributed by atoms with Crippen molar-refractivity contribution in [2.75, 3.05) is 34.9 Å². The van der Waals surface area contributed by atoms with Crippen LogP contribution in [-0.2, 0) is 18.6 Å². The van der Waals surface area contributed by atoms with Crippen LogP contribution in [0.5, 0.6) is 11.5 Å². The number of ether oxygens (including phenoxy) is 2. The molecular weight excluding hydrogens is 526 g/mol. The molecule has 5 rings (SSSR count). The highest BCUT2D eigenvalue weighted by atomic mass is 16.5. The number of urea groups is 1. The molecule has 1 aliphatic heterocycles. The normalized spacial score (nSPS) is 21.8. The number of amides is 2. The van der Waals surface area contributed by atoms with Gasteiger partial charge >= 0.3 is 6.03 Å². The van der Waals surface area contributed by atoms with Gasteiger partial charge in [0.25, 0.3) is 0 Å². The van der Waals surface area contributed by atoms with Gasteiger partial charge in [0.15, 0.2) is 0 Å². The van der Waals surface area contributed by atoms with E-state index in [1.807, 2.05) is 21.9 Å². The molecule has 0 atom stereocenters. The first kappa shape index (κ1) is 29.0. The molecule has 0 N–H and O–H groups in total. The molecule has 0 radical (unpaired) electrons. The summed E-state index contributed by atoms with van der Waals surface area (Å²) in [6, 6.07) is 25.6. The first-order valence-corrected chi connectivity index (χ1v) is 14.2. The molecule has 0 unspecified atom stereocenters. The van der Waals surface area contributed by atoms with E-state index in [1.165, 1.54) is 5.56 Å². The summed E-state index contributed by atoms with van der Waals surface area (Å²) in [6.07, 6.45) is 3.42. The molecule has 1 heterocycles. The number of rotatable bonds is 8. The Bertz CT molecular complexity index is 1530. The second-order valence-electron chi connectivity index (χ2n) is 11.5. The molecule has 42 heavy (non-hydrogen) atoms. The van der Waals surface area contributed by atoms with Gasteiger partial charge in [-0.15, -0.1) is 0 Å². The van der Waals surface area contributed by atoms with Gasteiger partial charge in [0.05, 0.1) is 56.1 Å². The van der Waals surface area contributed by atoms with E-state index in [0.29, 0.717) is 42.3 Å². The van der Waals surface area contributed by atoms with E-state index in [9.17, 15) is 15.3 Å². The average Bonchev–Trinajstić information content (AvgIpc) is 3.26. The van der Waals surface area contributed by atoms with Crippen LogP contribution in [0.1, 0.15) is 53.5 Å². The zero-order valence-electron chi connectivity index (χ0n) is 24.8. The van der Waals surface area contributed by atoms with Gasteiger partial charge in [-0.05, 0) is 81.7 Å². The van der Waals surface area contributed by atoms with E-state index in [4.69, 9.17) is 9.47 Å². The van der Waals surface area contributed by atoms with E-state index in [2.05, 4.69) is 55.4 Å². The highest BCUT2D eigenvalue weighted by Gasteiger charge is 2.54. The van der Waals surface area contributed by atoms with Crippen molar-refractivity contribution in [3.05, 3.63) is 94.5 Å². The summed E-state index contributed by atoms with van der Waals surface area (Å²) in [5.74, 6) is 1.30. The smallest absolute Gasteiger partial charge is 0.321 e. The Morgan fingerprint density at radius 1 is 0.810 bits per heavy atom. The van der Waals surface area contributed by atoms with Crippen LogP contribution in [0.3, 0.4) is 0 Å². The van der Waals surface area contributed by atoms with Crippen molar-refractivity contribution in [2.24, 2.45) is 0 Å². The predicted octanol–water partition coefficient (Wildman–Crippen LogP) is 5.65. The Hall–Kier alpha value is -4.53. The topological polar surface area (TPSA) is 92.8 Å². The number of nitriles is 2. The minimum Gasteiger partial charge on any atom is -0.496 e. The average molecular weight is 564 g/mol. The lowest BCUT2D eigenvalue weighted by Gasteiger charge is -2.51. The maximum Gasteiger partial charge on any atom is 0.321 e. The van der Waals surface area contributed by atoms with Gasteiger partial charge in [0, 0.05) is 23.2 Å². The van der Waals surface area contributed by atoms with E-state index < -0.39 is 5.54 Å². The lowest BCUT2D eigenvalue weighted by molar-refractivity contribution is 0.0219. The Kier molecular flexibility index (Phi) is 8.11. The van der Waals surface area contributed by atoms with E-state index in [1.54, 1.807) is 44.6 Å². The third-order valence-corrected chi connectivity index (χ3v) is 9.24. The molecule has 1 spiro atoms. The van der Waals surface area contributed by atoms with Crippen molar-refractivity contribution in [1.29, 1.82) is 10.5 Å². The SMILES string of the molecule is COc1ccc(C#N)cc1CN1C[C@]2(CC[C@](c3ccccc3)(N(C)C)CC2)N(Cc2cc(C#N)ccc2OC)C1=O. The third kappa shape index (κ3) is 5.15. The van der Waals surface area contributed by atoms with Crippen LogP contribution in [0, 0.1) is 22.7 Å². The van der Waals surface area contributed by atoms with Gasteiger partial charge in [0.1, 0.15) is 11.5 Å². The summed E-state index contributed by atoms with van der Waals surface area (Å²) in [5.41, 5.74) is 3.42. The number of carbonyl (C=O) groups is 1. The maximum atomic E-state index is 14.3. The largest absolute Gasteiger partial charge is 0.496 e. The van der Waals surface area contributed by atoms with Crippen molar-refractivity contribution in [3.8, 4) is 23.6 Å². The molecule has 0 aromatic heterocycles. The van der Waals surface area contributed by atoms with E-state index >= 15 is 0 Å². The maximum absolute atomic E-state index is 14.3. The molecule has 2 amide bonds. The van der Waals surface area contributed by atoms with Crippen LogP contribution in [0.25, 0.3) is 0 Å². The van der Waals surface area contributed by atoms with Crippen LogP contribution in [0.2, 0.25) is 0 Å². The molecule has 1 saturated carbocycles. The first-order valence-electron chi connectivity index (χ1n) is 14.2. The number of carbonyl (C=O) groups excluding carboxylic acids is 1. The Morgan fingerprint density at radius 3 is 1.86 bits per heavy atom. The van der Waals surface area contributed by atoms with Gasteiger partial charge < -0.3 is 19.3 Å². The third-order valence-electron chi connectivity index (χ3n) is 9.24. The number of benzene rings is 3. The molecule has 3 aromatic rings. The van der Waals surface area contributed by atoms with Crippen LogP contribution >= 0.6 is 0 Å². The molecule has 216 valence electrons. The lowest BCUT2D eigenvalue weighted by Crippen LogP contribution is -2.55. The fourth-order valence-electron chi connectivity index (χ4n) is 6.86. The molecule has 1 aliphatic carbocycles. The molecule has 8 nitrogen and oxygen atoms in total. The lowest BCUT2D eigenvalue weighted by atomic mass is 9.68. The molecule has 2 fully saturated rings. The predicted molar refractivity (Wildman–Crippen MR) is 160 cm³/mol. The molecule has 0 bridgehead atoms.